The average Bonchev–Trinajstić information content (AvgIpc) is 2.49. The quantitative estimate of drug-likeness (QED) is 0.862. The molecule has 0 bridgehead atoms. The minimum atomic E-state index is -2.77. The Kier molecular flexibility index (Phi) is 4.64. The zero-order valence-corrected chi connectivity index (χ0v) is 10.7. The molecule has 0 unspecified atom stereocenters. The Labute approximate surface area is 117 Å². The van der Waals surface area contributed by atoms with Crippen molar-refractivity contribution >= 4 is 5.91 Å². The van der Waals surface area contributed by atoms with Gasteiger partial charge in [-0.1, -0.05) is 0 Å². The average molecular weight is 295 g/mol. The molecule has 1 N–H and O–H groups in total. The van der Waals surface area contributed by atoms with Gasteiger partial charge in [0.25, 0.3) is 17.9 Å². The van der Waals surface area contributed by atoms with Gasteiger partial charge in [0, 0.05) is 25.4 Å². The Balaban J connectivity index is 1.95. The maximum atomic E-state index is 12.5. The summed E-state index contributed by atoms with van der Waals surface area (Å²) in [6.07, 6.45) is 0.841. The number of amides is 1. The fraction of sp³-hybridized carbons (Fsp3) is 0.250. The van der Waals surface area contributed by atoms with Gasteiger partial charge in [0.2, 0.25) is 0 Å². The van der Waals surface area contributed by atoms with E-state index in [0.29, 0.717) is 0 Å². The second-order valence-corrected chi connectivity index (χ2v) is 4.00. The first-order valence-corrected chi connectivity index (χ1v) is 5.96. The summed E-state index contributed by atoms with van der Waals surface area (Å²) in [6.45, 7) is 0.351. The van der Waals surface area contributed by atoms with Crippen molar-refractivity contribution in [3.8, 4) is 0 Å². The smallest absolute Gasteiger partial charge is 0.280 e. The SMILES string of the molecule is O=C(NCCn1cnccc1=O)c1cc(C(F)F)ncn1. The van der Waals surface area contributed by atoms with Gasteiger partial charge in [-0.15, -0.1) is 0 Å². The van der Waals surface area contributed by atoms with Gasteiger partial charge in [-0.2, -0.15) is 0 Å². The third-order valence-corrected chi connectivity index (χ3v) is 2.58. The van der Waals surface area contributed by atoms with Crippen molar-refractivity contribution in [1.82, 2.24) is 24.8 Å². The summed E-state index contributed by atoms with van der Waals surface area (Å²) in [5.74, 6) is -0.615. The minimum Gasteiger partial charge on any atom is -0.349 e. The maximum Gasteiger partial charge on any atom is 0.280 e. The number of rotatable bonds is 5. The van der Waals surface area contributed by atoms with Crippen LogP contribution < -0.4 is 10.9 Å². The molecule has 0 aromatic carbocycles. The van der Waals surface area contributed by atoms with E-state index in [1.165, 1.54) is 23.2 Å². The van der Waals surface area contributed by atoms with Crippen LogP contribution in [0.5, 0.6) is 0 Å². The topological polar surface area (TPSA) is 89.8 Å². The largest absolute Gasteiger partial charge is 0.349 e. The highest BCUT2D eigenvalue weighted by atomic mass is 19.3. The molecule has 9 heteroatoms. The van der Waals surface area contributed by atoms with Crippen LogP contribution in [0.15, 0.2) is 35.8 Å². The molecule has 21 heavy (non-hydrogen) atoms. The van der Waals surface area contributed by atoms with Crippen LogP contribution in [0.1, 0.15) is 22.6 Å². The molecular formula is C12H11F2N5O2. The van der Waals surface area contributed by atoms with Crippen molar-refractivity contribution in [2.24, 2.45) is 0 Å². The fourth-order valence-electron chi connectivity index (χ4n) is 1.54. The molecule has 0 atom stereocenters. The highest BCUT2D eigenvalue weighted by Gasteiger charge is 2.13. The maximum absolute atomic E-state index is 12.5. The molecule has 0 saturated carbocycles. The van der Waals surface area contributed by atoms with Crippen LogP contribution in [0.2, 0.25) is 0 Å². The molecule has 0 fully saturated rings. The van der Waals surface area contributed by atoms with Crippen LogP contribution in [0.3, 0.4) is 0 Å². The van der Waals surface area contributed by atoms with Crippen LogP contribution >= 0.6 is 0 Å². The zero-order chi connectivity index (χ0) is 15.2. The van der Waals surface area contributed by atoms with Gasteiger partial charge in [-0.25, -0.2) is 23.7 Å². The Morgan fingerprint density at radius 3 is 2.90 bits per heavy atom. The summed E-state index contributed by atoms with van der Waals surface area (Å²) in [5, 5.41) is 2.48. The number of carbonyl (C=O) groups is 1. The van der Waals surface area contributed by atoms with Gasteiger partial charge in [-0.3, -0.25) is 14.2 Å². The molecule has 110 valence electrons. The first-order chi connectivity index (χ1) is 10.1. The Morgan fingerprint density at radius 2 is 2.19 bits per heavy atom. The number of carbonyl (C=O) groups excluding carboxylic acids is 1. The van der Waals surface area contributed by atoms with Crippen LogP contribution in [-0.4, -0.2) is 32.0 Å². The van der Waals surface area contributed by atoms with Crippen molar-refractivity contribution < 1.29 is 13.6 Å². The number of alkyl halides is 2. The van der Waals surface area contributed by atoms with E-state index in [2.05, 4.69) is 20.3 Å². The van der Waals surface area contributed by atoms with Crippen LogP contribution in [0.4, 0.5) is 8.78 Å². The van der Waals surface area contributed by atoms with Crippen molar-refractivity contribution in [1.29, 1.82) is 0 Å². The van der Waals surface area contributed by atoms with Gasteiger partial charge in [-0.05, 0) is 6.07 Å². The number of nitrogens with zero attached hydrogens (tertiary/aromatic N) is 4. The molecule has 0 spiro atoms. The van der Waals surface area contributed by atoms with E-state index in [-0.39, 0.29) is 24.3 Å². The van der Waals surface area contributed by atoms with Crippen molar-refractivity contribution in [3.63, 3.8) is 0 Å². The first-order valence-electron chi connectivity index (χ1n) is 5.96. The molecule has 0 aliphatic heterocycles. The molecule has 2 aromatic rings. The Bertz CT molecular complexity index is 689. The molecular weight excluding hydrogens is 284 g/mol. The summed E-state index contributed by atoms with van der Waals surface area (Å²) in [7, 11) is 0. The lowest BCUT2D eigenvalue weighted by molar-refractivity contribution is 0.0946. The van der Waals surface area contributed by atoms with Gasteiger partial charge in [0.1, 0.15) is 17.7 Å². The molecule has 0 saturated heterocycles. The predicted molar refractivity (Wildman–Crippen MR) is 67.8 cm³/mol. The third kappa shape index (κ3) is 3.88. The van der Waals surface area contributed by atoms with E-state index in [1.54, 1.807) is 0 Å². The summed E-state index contributed by atoms with van der Waals surface area (Å²) < 4.78 is 26.2. The molecule has 0 aliphatic carbocycles. The lowest BCUT2D eigenvalue weighted by atomic mass is 10.3. The van der Waals surface area contributed by atoms with Crippen LogP contribution in [-0.2, 0) is 6.54 Å². The molecule has 7 nitrogen and oxygen atoms in total. The number of halogens is 2. The standard InChI is InChI=1S/C12H11F2N5O2/c13-11(14)8-5-9(18-6-17-8)12(21)16-3-4-19-7-15-2-1-10(19)20/h1-2,5-7,11H,3-4H2,(H,16,21). The van der Waals surface area contributed by atoms with Gasteiger partial charge in [0.15, 0.2) is 0 Å². The molecule has 0 aliphatic rings. The lowest BCUT2D eigenvalue weighted by Gasteiger charge is -2.07. The lowest BCUT2D eigenvalue weighted by Crippen LogP contribution is -2.31. The molecule has 1 amide bonds. The van der Waals surface area contributed by atoms with E-state index in [9.17, 15) is 18.4 Å². The predicted octanol–water partition coefficient (Wildman–Crippen LogP) is 0.401. The number of hydrogen-bond acceptors (Lipinski definition) is 5. The third-order valence-electron chi connectivity index (χ3n) is 2.58. The number of aromatic nitrogens is 4. The second-order valence-electron chi connectivity index (χ2n) is 4.00. The molecule has 2 rings (SSSR count). The summed E-state index contributed by atoms with van der Waals surface area (Å²) in [6, 6.07) is 2.22. The summed E-state index contributed by atoms with van der Waals surface area (Å²) in [5.41, 5.74) is -0.918. The monoisotopic (exact) mass is 295 g/mol. The molecule has 2 aromatic heterocycles. The fourth-order valence-corrected chi connectivity index (χ4v) is 1.54. The number of hydrogen-bond donors (Lipinski definition) is 1. The van der Waals surface area contributed by atoms with Crippen LogP contribution in [0.25, 0.3) is 0 Å². The van der Waals surface area contributed by atoms with Gasteiger partial charge in [0.05, 0.1) is 6.33 Å². The molecule has 2 heterocycles. The highest BCUT2D eigenvalue weighted by Crippen LogP contribution is 2.15. The Hall–Kier alpha value is -2.71. The van der Waals surface area contributed by atoms with E-state index >= 15 is 0 Å². The highest BCUT2D eigenvalue weighted by molar-refractivity contribution is 5.92. The van der Waals surface area contributed by atoms with E-state index in [1.807, 2.05) is 0 Å². The van der Waals surface area contributed by atoms with Crippen molar-refractivity contribution in [3.05, 3.63) is 52.7 Å². The van der Waals surface area contributed by atoms with Crippen LogP contribution in [0, 0.1) is 0 Å². The summed E-state index contributed by atoms with van der Waals surface area (Å²) >= 11 is 0. The van der Waals surface area contributed by atoms with E-state index in [4.69, 9.17) is 0 Å². The number of nitrogens with one attached hydrogen (secondary N) is 1. The van der Waals surface area contributed by atoms with Crippen molar-refractivity contribution in [2.75, 3.05) is 6.54 Å². The van der Waals surface area contributed by atoms with Crippen molar-refractivity contribution in [2.45, 2.75) is 13.0 Å². The first kappa shape index (κ1) is 14.7. The minimum absolute atomic E-state index is 0.137. The van der Waals surface area contributed by atoms with Gasteiger partial charge < -0.3 is 5.32 Å². The van der Waals surface area contributed by atoms with E-state index < -0.39 is 18.0 Å². The Morgan fingerprint density at radius 1 is 1.38 bits per heavy atom. The zero-order valence-electron chi connectivity index (χ0n) is 10.7. The second kappa shape index (κ2) is 6.64. The van der Waals surface area contributed by atoms with Gasteiger partial charge >= 0.3 is 0 Å². The normalized spacial score (nSPS) is 10.6. The summed E-state index contributed by atoms with van der Waals surface area (Å²) in [4.78, 5) is 33.9. The van der Waals surface area contributed by atoms with E-state index in [0.717, 1.165) is 12.4 Å². The molecule has 0 radical (unpaired) electrons.